The van der Waals surface area contributed by atoms with Crippen molar-refractivity contribution in [3.8, 4) is 0 Å². The first-order valence-corrected chi connectivity index (χ1v) is 15.5. The Morgan fingerprint density at radius 1 is 0.923 bits per heavy atom. The van der Waals surface area contributed by atoms with Crippen LogP contribution in [0.25, 0.3) is 10.8 Å². The summed E-state index contributed by atoms with van der Waals surface area (Å²) in [5, 5.41) is 6.69. The van der Waals surface area contributed by atoms with Gasteiger partial charge >= 0.3 is 0 Å². The Morgan fingerprint density at radius 2 is 1.46 bits per heavy atom. The van der Waals surface area contributed by atoms with Crippen molar-refractivity contribution < 1.29 is 0 Å². The van der Waals surface area contributed by atoms with Crippen LogP contribution in [0.15, 0.2) is 16.1 Å². The Hall–Kier alpha value is 0.0569. The van der Waals surface area contributed by atoms with Crippen molar-refractivity contribution in [1.82, 2.24) is 9.97 Å². The Labute approximate surface area is 177 Å². The lowest BCUT2D eigenvalue weighted by Crippen LogP contribution is -2.39. The lowest BCUT2D eigenvalue weighted by Gasteiger charge is -2.22. The summed E-state index contributed by atoms with van der Waals surface area (Å²) in [4.78, 5) is 9.49. The number of pyridine rings is 2. The molecule has 2 heterocycles. The van der Waals surface area contributed by atoms with E-state index in [0.717, 1.165) is 32.3 Å². The molecule has 26 heavy (non-hydrogen) atoms. The largest absolute Gasteiger partial charge is 0.229 e. The quantitative estimate of drug-likeness (QED) is 0.175. The molecule has 0 aliphatic rings. The molecule has 2 aromatic heterocycles. The highest BCUT2D eigenvalue weighted by molar-refractivity contribution is 8.00. The van der Waals surface area contributed by atoms with Crippen molar-refractivity contribution in [2.24, 2.45) is 0 Å². The van der Waals surface area contributed by atoms with Crippen molar-refractivity contribution in [1.29, 1.82) is 0 Å². The third-order valence-corrected chi connectivity index (χ3v) is 8.82. The smallest absolute Gasteiger partial charge is 0.131 e. The predicted molar refractivity (Wildman–Crippen MR) is 124 cm³/mol. The van der Waals surface area contributed by atoms with Gasteiger partial charge in [-0.2, -0.15) is 0 Å². The average molecular weight is 448 g/mol. The number of rotatable bonds is 9. The number of halogens is 2. The van der Waals surface area contributed by atoms with E-state index in [-0.39, 0.29) is 0 Å². The van der Waals surface area contributed by atoms with Crippen LogP contribution in [0.2, 0.25) is 29.9 Å². The number of aromatic nitrogens is 2. The van der Waals surface area contributed by atoms with Crippen molar-refractivity contribution in [3.05, 3.63) is 16.4 Å². The van der Waals surface area contributed by atoms with Crippen LogP contribution >= 0.6 is 46.7 Å². The maximum Gasteiger partial charge on any atom is 0.131 e. The Balaban J connectivity index is 2.69. The molecule has 7 heteroatoms. The second-order valence-electron chi connectivity index (χ2n) is 7.41. The molecule has 0 bridgehead atoms. The molecule has 2 rings (SSSR count). The zero-order valence-electron chi connectivity index (χ0n) is 16.3. The molecule has 0 atom stereocenters. The van der Waals surface area contributed by atoms with Gasteiger partial charge in [0.1, 0.15) is 20.4 Å². The van der Waals surface area contributed by atoms with E-state index in [2.05, 4.69) is 38.5 Å². The first kappa shape index (κ1) is 22.3. The van der Waals surface area contributed by atoms with Crippen LogP contribution in [0, 0.1) is 0 Å². The van der Waals surface area contributed by atoms with Crippen molar-refractivity contribution in [2.75, 3.05) is 11.5 Å². The normalized spacial score (nSPS) is 12.1. The van der Waals surface area contributed by atoms with Gasteiger partial charge in [0, 0.05) is 5.39 Å². The monoisotopic (exact) mass is 446 g/mol. The average Bonchev–Trinajstić information content (AvgIpc) is 2.53. The molecule has 0 N–H and O–H groups in total. The lowest BCUT2D eigenvalue weighted by atomic mass is 10.2. The molecule has 0 amide bonds. The zero-order valence-corrected chi connectivity index (χ0v) is 20.4. The highest BCUT2D eigenvalue weighted by Crippen LogP contribution is 2.37. The van der Waals surface area contributed by atoms with Gasteiger partial charge in [-0.05, 0) is 41.0 Å². The fourth-order valence-corrected chi connectivity index (χ4v) is 8.10. The van der Waals surface area contributed by atoms with Gasteiger partial charge in [-0.15, -0.1) is 23.5 Å². The molecule has 0 radical (unpaired) electrons. The van der Waals surface area contributed by atoms with Gasteiger partial charge in [0.15, 0.2) is 0 Å². The molecule has 2 nitrogen and oxygen atoms in total. The number of fused-ring (bicyclic) bond motifs is 1. The minimum atomic E-state index is -1.69. The third-order valence-electron chi connectivity index (χ3n) is 4.07. The number of hydrogen-bond acceptors (Lipinski definition) is 4. The van der Waals surface area contributed by atoms with Crippen molar-refractivity contribution in [2.45, 2.75) is 69.2 Å². The topological polar surface area (TPSA) is 25.8 Å². The van der Waals surface area contributed by atoms with E-state index in [4.69, 9.17) is 28.2 Å². The lowest BCUT2D eigenvalue weighted by molar-refractivity contribution is 0.893. The van der Waals surface area contributed by atoms with E-state index in [0.29, 0.717) is 10.3 Å². The molecule has 0 fully saturated rings. The van der Waals surface area contributed by atoms with E-state index >= 15 is 0 Å². The van der Waals surface area contributed by atoms with Crippen LogP contribution in [-0.2, 0) is 0 Å². The van der Waals surface area contributed by atoms with E-state index in [1.54, 1.807) is 23.5 Å². The Bertz CT molecular complexity index is 747. The third kappa shape index (κ3) is 5.54. The number of hydrogen-bond donors (Lipinski definition) is 0. The second-order valence-corrected chi connectivity index (χ2v) is 15.3. The van der Waals surface area contributed by atoms with E-state index in [1.165, 1.54) is 30.9 Å². The highest BCUT2D eigenvalue weighted by atomic mass is 35.5. The van der Waals surface area contributed by atoms with E-state index in [1.807, 2.05) is 6.07 Å². The summed E-state index contributed by atoms with van der Waals surface area (Å²) >= 11 is 16.7. The second kappa shape index (κ2) is 10.0. The number of thioether (sulfide) groups is 2. The van der Waals surface area contributed by atoms with Crippen LogP contribution in [-0.4, -0.2) is 29.5 Å². The van der Waals surface area contributed by atoms with E-state index in [9.17, 15) is 0 Å². The number of nitrogens with zero attached hydrogens (tertiary/aromatic N) is 2. The van der Waals surface area contributed by atoms with Gasteiger partial charge in [-0.3, -0.25) is 0 Å². The summed E-state index contributed by atoms with van der Waals surface area (Å²) in [6.45, 7) is 11.3. The summed E-state index contributed by atoms with van der Waals surface area (Å²) in [5.41, 5.74) is 0. The molecule has 0 aliphatic heterocycles. The summed E-state index contributed by atoms with van der Waals surface area (Å²) in [5.74, 6) is 2.09. The fourth-order valence-electron chi connectivity index (χ4n) is 2.76. The molecule has 0 aliphatic carbocycles. The minimum absolute atomic E-state index is 0.544. The van der Waals surface area contributed by atoms with Gasteiger partial charge in [0.2, 0.25) is 0 Å². The van der Waals surface area contributed by atoms with Crippen molar-refractivity contribution in [3.63, 3.8) is 0 Å². The van der Waals surface area contributed by atoms with Crippen LogP contribution in [0.3, 0.4) is 0 Å². The van der Waals surface area contributed by atoms with Gasteiger partial charge < -0.3 is 0 Å². The van der Waals surface area contributed by atoms with E-state index < -0.39 is 8.07 Å². The minimum Gasteiger partial charge on any atom is -0.229 e. The van der Waals surface area contributed by atoms with Gasteiger partial charge in [-0.1, -0.05) is 69.5 Å². The highest BCUT2D eigenvalue weighted by Gasteiger charge is 2.27. The predicted octanol–water partition coefficient (Wildman–Crippen LogP) is 7.27. The molecular weight excluding hydrogens is 419 g/mol. The maximum atomic E-state index is 6.68. The standard InChI is InChI=1S/C19H28Cl2N2S2Si/c1-6-8-10-24-18-15-13(12-14(20)22-18)16(26(3,4)5)17(21)23-19(15)25-11-9-7-2/h12H,6-11H2,1-5H3. The van der Waals surface area contributed by atoms with Crippen LogP contribution in [0.4, 0.5) is 0 Å². The van der Waals surface area contributed by atoms with Gasteiger partial charge in [0.05, 0.1) is 8.07 Å². The molecular formula is C19H28Cl2N2S2Si. The SMILES string of the molecule is CCCCSc1nc(Cl)cc2c([Si](C)(C)C)c(Cl)nc(SCCCC)c12. The molecule has 0 spiro atoms. The molecule has 144 valence electrons. The summed E-state index contributed by atoms with van der Waals surface area (Å²) < 4.78 is 0. The van der Waals surface area contributed by atoms with Crippen molar-refractivity contribution >= 4 is 70.8 Å². The first-order chi connectivity index (χ1) is 12.3. The molecule has 0 saturated carbocycles. The van der Waals surface area contributed by atoms with Gasteiger partial charge in [0.25, 0.3) is 0 Å². The molecule has 0 unspecified atom stereocenters. The van der Waals surface area contributed by atoms with Crippen LogP contribution in [0.5, 0.6) is 0 Å². The first-order valence-electron chi connectivity index (χ1n) is 9.25. The fraction of sp³-hybridized carbons (Fsp3) is 0.579. The van der Waals surface area contributed by atoms with Gasteiger partial charge in [-0.25, -0.2) is 9.97 Å². The Kier molecular flexibility index (Phi) is 8.61. The molecule has 2 aromatic rings. The summed E-state index contributed by atoms with van der Waals surface area (Å²) in [6, 6.07) is 1.99. The van der Waals surface area contributed by atoms with Crippen LogP contribution in [0.1, 0.15) is 39.5 Å². The number of unbranched alkanes of at least 4 members (excludes halogenated alkanes) is 2. The van der Waals surface area contributed by atoms with Crippen LogP contribution < -0.4 is 5.19 Å². The maximum absolute atomic E-state index is 6.68. The zero-order chi connectivity index (χ0) is 19.3. The molecule has 0 saturated heterocycles. The summed E-state index contributed by atoms with van der Waals surface area (Å²) in [7, 11) is -1.69. The summed E-state index contributed by atoms with van der Waals surface area (Å²) in [6.07, 6.45) is 4.68. The molecule has 0 aromatic carbocycles. The Morgan fingerprint density at radius 3 is 1.96 bits per heavy atom.